The van der Waals surface area contributed by atoms with E-state index in [0.29, 0.717) is 37.4 Å². The lowest BCUT2D eigenvalue weighted by molar-refractivity contribution is -0.131. The molecule has 4 rings (SSSR count). The van der Waals surface area contributed by atoms with Gasteiger partial charge in [0.1, 0.15) is 5.75 Å². The maximum absolute atomic E-state index is 13.0. The van der Waals surface area contributed by atoms with Gasteiger partial charge in [-0.3, -0.25) is 4.79 Å². The van der Waals surface area contributed by atoms with Crippen molar-refractivity contribution in [2.75, 3.05) is 34.7 Å². The Labute approximate surface area is 212 Å². The highest BCUT2D eigenvalue weighted by Gasteiger charge is 2.24. The van der Waals surface area contributed by atoms with E-state index in [1.165, 1.54) is 0 Å². The second-order valence-electron chi connectivity index (χ2n) is 8.55. The van der Waals surface area contributed by atoms with Crippen molar-refractivity contribution in [3.8, 4) is 28.7 Å². The average molecular weight is 492 g/mol. The molecule has 1 atom stereocenters. The summed E-state index contributed by atoms with van der Waals surface area (Å²) in [4.78, 5) is 14.9. The molecule has 190 valence electrons. The van der Waals surface area contributed by atoms with Gasteiger partial charge in [-0.25, -0.2) is 0 Å². The van der Waals surface area contributed by atoms with Crippen molar-refractivity contribution < 1.29 is 28.5 Å². The Hall–Kier alpha value is -3.87. The van der Waals surface area contributed by atoms with E-state index in [9.17, 15) is 4.79 Å². The first-order valence-electron chi connectivity index (χ1n) is 12.1. The number of carbonyl (C=O) groups excluding carboxylic acids is 1. The van der Waals surface area contributed by atoms with E-state index in [1.807, 2.05) is 60.4 Å². The number of carbonyl (C=O) groups is 1. The normalized spacial score (nSPS) is 12.7. The van der Waals surface area contributed by atoms with Crippen molar-refractivity contribution in [1.29, 1.82) is 0 Å². The molecule has 0 saturated carbocycles. The van der Waals surface area contributed by atoms with Gasteiger partial charge in [0, 0.05) is 31.0 Å². The van der Waals surface area contributed by atoms with Crippen LogP contribution in [-0.4, -0.2) is 45.5 Å². The first-order chi connectivity index (χ1) is 17.6. The number of methoxy groups -OCH3 is 3. The monoisotopic (exact) mass is 491 g/mol. The van der Waals surface area contributed by atoms with Gasteiger partial charge >= 0.3 is 0 Å². The number of rotatable bonds is 11. The second-order valence-corrected chi connectivity index (χ2v) is 8.55. The van der Waals surface area contributed by atoms with Crippen LogP contribution in [0.1, 0.15) is 42.4 Å². The van der Waals surface area contributed by atoms with Gasteiger partial charge in [-0.2, -0.15) is 0 Å². The van der Waals surface area contributed by atoms with Crippen LogP contribution in [0.4, 0.5) is 0 Å². The van der Waals surface area contributed by atoms with Crippen LogP contribution in [0.25, 0.3) is 0 Å². The highest BCUT2D eigenvalue weighted by molar-refractivity contribution is 5.75. The summed E-state index contributed by atoms with van der Waals surface area (Å²) in [5.74, 6) is 3.68. The number of amides is 1. The predicted octanol–water partition coefficient (Wildman–Crippen LogP) is 5.40. The summed E-state index contributed by atoms with van der Waals surface area (Å²) < 4.78 is 27.7. The molecule has 3 aromatic rings. The van der Waals surface area contributed by atoms with Crippen LogP contribution in [0, 0.1) is 0 Å². The van der Waals surface area contributed by atoms with Gasteiger partial charge in [0.05, 0.1) is 21.3 Å². The molecule has 1 amide bonds. The van der Waals surface area contributed by atoms with Crippen LogP contribution in [0.3, 0.4) is 0 Å². The molecule has 0 fully saturated rings. The fourth-order valence-corrected chi connectivity index (χ4v) is 4.59. The van der Waals surface area contributed by atoms with Gasteiger partial charge < -0.3 is 28.6 Å². The summed E-state index contributed by atoms with van der Waals surface area (Å²) in [5.41, 5.74) is 3.12. The van der Waals surface area contributed by atoms with Crippen molar-refractivity contribution >= 4 is 5.91 Å². The summed E-state index contributed by atoms with van der Waals surface area (Å²) in [5, 5.41) is 0. The Morgan fingerprint density at radius 1 is 0.889 bits per heavy atom. The van der Waals surface area contributed by atoms with Gasteiger partial charge in [0.2, 0.25) is 12.7 Å². The Morgan fingerprint density at radius 2 is 1.64 bits per heavy atom. The smallest absolute Gasteiger partial charge is 0.231 e. The average Bonchev–Trinajstić information content (AvgIpc) is 3.40. The van der Waals surface area contributed by atoms with E-state index in [4.69, 9.17) is 23.7 Å². The molecule has 0 bridgehead atoms. The summed E-state index contributed by atoms with van der Waals surface area (Å²) in [7, 11) is 4.90. The molecular weight excluding hydrogens is 458 g/mol. The Balaban J connectivity index is 1.62. The second kappa shape index (κ2) is 11.7. The lowest BCUT2D eigenvalue weighted by Crippen LogP contribution is -2.31. The number of benzene rings is 3. The topological polar surface area (TPSA) is 66.5 Å². The van der Waals surface area contributed by atoms with Crippen molar-refractivity contribution in [1.82, 2.24) is 4.90 Å². The van der Waals surface area contributed by atoms with Crippen LogP contribution < -0.4 is 23.7 Å². The van der Waals surface area contributed by atoms with Gasteiger partial charge in [0.25, 0.3) is 0 Å². The molecule has 0 aromatic heterocycles. The van der Waals surface area contributed by atoms with Crippen LogP contribution in [0.5, 0.6) is 28.7 Å². The van der Waals surface area contributed by atoms with Gasteiger partial charge in [-0.15, -0.1) is 0 Å². The van der Waals surface area contributed by atoms with Crippen molar-refractivity contribution in [2.45, 2.75) is 32.2 Å². The van der Waals surface area contributed by atoms with E-state index < -0.39 is 0 Å². The van der Waals surface area contributed by atoms with Crippen molar-refractivity contribution in [3.63, 3.8) is 0 Å². The molecule has 1 aliphatic rings. The minimum atomic E-state index is -0.00629. The minimum Gasteiger partial charge on any atom is -0.496 e. The molecule has 0 N–H and O–H groups in total. The van der Waals surface area contributed by atoms with E-state index in [0.717, 1.165) is 33.9 Å². The van der Waals surface area contributed by atoms with E-state index in [2.05, 4.69) is 12.1 Å². The van der Waals surface area contributed by atoms with Crippen LogP contribution >= 0.6 is 0 Å². The molecule has 1 heterocycles. The van der Waals surface area contributed by atoms with Gasteiger partial charge in [0.15, 0.2) is 23.0 Å². The van der Waals surface area contributed by atoms with Crippen LogP contribution in [-0.2, 0) is 11.3 Å². The fraction of sp³-hybridized carbons (Fsp3) is 0.345. The molecule has 0 spiro atoms. The SMILES string of the molecule is CCC(=O)N(CC[C@H](c1ccc2c(c1)OCO2)c1ccccc1OC)Cc1ccc(OC)c(OC)c1. The van der Waals surface area contributed by atoms with Gasteiger partial charge in [-0.05, 0) is 47.9 Å². The van der Waals surface area contributed by atoms with Gasteiger partial charge in [-0.1, -0.05) is 37.3 Å². The Bertz CT molecular complexity index is 1190. The zero-order valence-electron chi connectivity index (χ0n) is 21.3. The Kier molecular flexibility index (Phi) is 8.21. The molecule has 7 nitrogen and oxygen atoms in total. The number of nitrogens with zero attached hydrogens (tertiary/aromatic N) is 1. The zero-order valence-corrected chi connectivity index (χ0v) is 21.3. The maximum atomic E-state index is 13.0. The summed E-state index contributed by atoms with van der Waals surface area (Å²) in [6.45, 7) is 3.16. The number of hydrogen-bond donors (Lipinski definition) is 0. The number of fused-ring (bicyclic) bond motifs is 1. The third-order valence-corrected chi connectivity index (χ3v) is 6.48. The van der Waals surface area contributed by atoms with Crippen molar-refractivity contribution in [2.24, 2.45) is 0 Å². The van der Waals surface area contributed by atoms with Crippen molar-refractivity contribution in [3.05, 3.63) is 77.4 Å². The Morgan fingerprint density at radius 3 is 2.39 bits per heavy atom. The molecular formula is C29H33NO6. The lowest BCUT2D eigenvalue weighted by atomic mass is 9.87. The van der Waals surface area contributed by atoms with E-state index >= 15 is 0 Å². The van der Waals surface area contributed by atoms with Crippen LogP contribution in [0.15, 0.2) is 60.7 Å². The highest BCUT2D eigenvalue weighted by Crippen LogP contribution is 2.40. The molecule has 0 saturated heterocycles. The molecule has 0 radical (unpaired) electrons. The van der Waals surface area contributed by atoms with E-state index in [1.54, 1.807) is 21.3 Å². The quantitative estimate of drug-likeness (QED) is 0.358. The summed E-state index contributed by atoms with van der Waals surface area (Å²) >= 11 is 0. The number of para-hydroxylation sites is 1. The molecule has 0 aliphatic carbocycles. The van der Waals surface area contributed by atoms with E-state index in [-0.39, 0.29) is 18.6 Å². The molecule has 7 heteroatoms. The van der Waals surface area contributed by atoms with Crippen LogP contribution in [0.2, 0.25) is 0 Å². The zero-order chi connectivity index (χ0) is 25.5. The maximum Gasteiger partial charge on any atom is 0.231 e. The summed E-state index contributed by atoms with van der Waals surface area (Å²) in [6, 6.07) is 19.8. The number of hydrogen-bond acceptors (Lipinski definition) is 6. The highest BCUT2D eigenvalue weighted by atomic mass is 16.7. The molecule has 3 aromatic carbocycles. The molecule has 0 unspecified atom stereocenters. The third-order valence-electron chi connectivity index (χ3n) is 6.48. The predicted molar refractivity (Wildman–Crippen MR) is 137 cm³/mol. The molecule has 36 heavy (non-hydrogen) atoms. The molecule has 1 aliphatic heterocycles. The number of ether oxygens (including phenoxy) is 5. The lowest BCUT2D eigenvalue weighted by Gasteiger charge is -2.27. The first-order valence-corrected chi connectivity index (χ1v) is 12.1. The summed E-state index contributed by atoms with van der Waals surface area (Å²) in [6.07, 6.45) is 1.13. The minimum absolute atomic E-state index is 0.00629. The standard InChI is InChI=1S/C29H33NO6/c1-5-29(31)30(18-20-10-12-25(33-3)27(16-20)34-4)15-14-22(23-8-6-7-9-24(23)32-2)21-11-13-26-28(17-21)36-19-35-26/h6-13,16-17,22H,5,14-15,18-19H2,1-4H3/t22-/m1/s1. The third kappa shape index (κ3) is 5.51. The fourth-order valence-electron chi connectivity index (χ4n) is 4.59. The largest absolute Gasteiger partial charge is 0.496 e. The first kappa shape index (κ1) is 25.2.